The molecule has 20 heavy (non-hydrogen) atoms. The summed E-state index contributed by atoms with van der Waals surface area (Å²) in [4.78, 5) is 0.263. The van der Waals surface area contributed by atoms with Crippen molar-refractivity contribution in [3.8, 4) is 0 Å². The van der Waals surface area contributed by atoms with E-state index in [4.69, 9.17) is 5.73 Å². The SMILES string of the molecule is Cn1ncc(N)c1NS(=O)(=O)c1ccc2c(c1)CCC2. The molecule has 0 amide bonds. The highest BCUT2D eigenvalue weighted by molar-refractivity contribution is 7.92. The molecule has 3 N–H and O–H groups in total. The predicted octanol–water partition coefficient (Wildman–Crippen LogP) is 1.29. The maximum absolute atomic E-state index is 12.4. The number of nitrogen functional groups attached to an aromatic ring is 1. The van der Waals surface area contributed by atoms with Gasteiger partial charge in [-0.15, -0.1) is 0 Å². The van der Waals surface area contributed by atoms with Crippen molar-refractivity contribution in [2.75, 3.05) is 10.5 Å². The molecule has 1 aromatic heterocycles. The number of nitrogens with zero attached hydrogens (tertiary/aromatic N) is 2. The lowest BCUT2D eigenvalue weighted by molar-refractivity contribution is 0.600. The number of fused-ring (bicyclic) bond motifs is 1. The van der Waals surface area contributed by atoms with Crippen molar-refractivity contribution in [1.82, 2.24) is 9.78 Å². The fraction of sp³-hybridized carbons (Fsp3) is 0.308. The summed E-state index contributed by atoms with van der Waals surface area (Å²) < 4.78 is 28.7. The van der Waals surface area contributed by atoms with Crippen LogP contribution in [0.1, 0.15) is 17.5 Å². The molecule has 2 aromatic rings. The van der Waals surface area contributed by atoms with Gasteiger partial charge in [-0.3, -0.25) is 9.40 Å². The van der Waals surface area contributed by atoms with Crippen LogP contribution in [0.3, 0.4) is 0 Å². The summed E-state index contributed by atoms with van der Waals surface area (Å²) in [5.41, 5.74) is 8.37. The van der Waals surface area contributed by atoms with Crippen LogP contribution in [-0.4, -0.2) is 18.2 Å². The Kier molecular flexibility index (Phi) is 2.93. The number of sulfonamides is 1. The second kappa shape index (κ2) is 4.52. The second-order valence-electron chi connectivity index (χ2n) is 4.96. The summed E-state index contributed by atoms with van der Waals surface area (Å²) in [6.45, 7) is 0. The van der Waals surface area contributed by atoms with Gasteiger partial charge in [-0.2, -0.15) is 5.10 Å². The molecular weight excluding hydrogens is 276 g/mol. The quantitative estimate of drug-likeness (QED) is 0.892. The molecule has 1 aromatic carbocycles. The lowest BCUT2D eigenvalue weighted by atomic mass is 10.1. The minimum absolute atomic E-state index is 0.263. The van der Waals surface area contributed by atoms with E-state index in [2.05, 4.69) is 9.82 Å². The van der Waals surface area contributed by atoms with Gasteiger partial charge < -0.3 is 5.73 Å². The lowest BCUT2D eigenvalue weighted by Crippen LogP contribution is -2.16. The number of rotatable bonds is 3. The van der Waals surface area contributed by atoms with Crippen LogP contribution >= 0.6 is 0 Å². The summed E-state index contributed by atoms with van der Waals surface area (Å²) in [6, 6.07) is 5.28. The number of aryl methyl sites for hydroxylation is 3. The van der Waals surface area contributed by atoms with E-state index in [-0.39, 0.29) is 10.7 Å². The van der Waals surface area contributed by atoms with Crippen LogP contribution < -0.4 is 10.5 Å². The Bertz CT molecular complexity index is 745. The maximum atomic E-state index is 12.4. The molecule has 1 heterocycles. The minimum atomic E-state index is -3.64. The molecule has 0 radical (unpaired) electrons. The van der Waals surface area contributed by atoms with Gasteiger partial charge in [0.2, 0.25) is 0 Å². The number of nitrogens with one attached hydrogen (secondary N) is 1. The second-order valence-corrected chi connectivity index (χ2v) is 6.64. The van der Waals surface area contributed by atoms with Crippen LogP contribution in [0, 0.1) is 0 Å². The fourth-order valence-corrected chi connectivity index (χ4v) is 3.65. The van der Waals surface area contributed by atoms with Crippen LogP contribution in [0.5, 0.6) is 0 Å². The average Bonchev–Trinajstić information content (AvgIpc) is 2.99. The number of hydrogen-bond acceptors (Lipinski definition) is 4. The van der Waals surface area contributed by atoms with Crippen LogP contribution in [0.2, 0.25) is 0 Å². The van der Waals surface area contributed by atoms with Gasteiger partial charge in [0.15, 0.2) is 5.82 Å². The van der Waals surface area contributed by atoms with E-state index < -0.39 is 10.0 Å². The molecular formula is C13H16N4O2S. The van der Waals surface area contributed by atoms with Crippen molar-refractivity contribution in [3.05, 3.63) is 35.5 Å². The zero-order valence-corrected chi connectivity index (χ0v) is 11.9. The van der Waals surface area contributed by atoms with Crippen molar-refractivity contribution in [2.24, 2.45) is 7.05 Å². The van der Waals surface area contributed by atoms with Gasteiger partial charge in [-0.1, -0.05) is 6.07 Å². The molecule has 0 saturated heterocycles. The van der Waals surface area contributed by atoms with E-state index in [1.54, 1.807) is 19.2 Å². The van der Waals surface area contributed by atoms with Gasteiger partial charge in [0, 0.05) is 7.05 Å². The Hall–Kier alpha value is -2.02. The Labute approximate surface area is 117 Å². The number of aromatic nitrogens is 2. The fourth-order valence-electron chi connectivity index (χ4n) is 2.48. The average molecular weight is 292 g/mol. The highest BCUT2D eigenvalue weighted by Gasteiger charge is 2.20. The van der Waals surface area contributed by atoms with E-state index in [1.807, 2.05) is 6.07 Å². The first kappa shape index (κ1) is 13.0. The van der Waals surface area contributed by atoms with E-state index in [9.17, 15) is 8.42 Å². The van der Waals surface area contributed by atoms with Crippen LogP contribution in [0.15, 0.2) is 29.3 Å². The van der Waals surface area contributed by atoms with Crippen molar-refractivity contribution in [2.45, 2.75) is 24.2 Å². The van der Waals surface area contributed by atoms with Crippen molar-refractivity contribution >= 4 is 21.5 Å². The maximum Gasteiger partial charge on any atom is 0.263 e. The van der Waals surface area contributed by atoms with Gasteiger partial charge in [-0.05, 0) is 42.5 Å². The Morgan fingerprint density at radius 1 is 1.30 bits per heavy atom. The summed E-state index contributed by atoms with van der Waals surface area (Å²) in [5, 5.41) is 3.92. The van der Waals surface area contributed by atoms with E-state index in [0.717, 1.165) is 24.8 Å². The highest BCUT2D eigenvalue weighted by Crippen LogP contribution is 2.26. The first-order valence-corrected chi connectivity index (χ1v) is 7.88. The Balaban J connectivity index is 1.96. The molecule has 0 saturated carbocycles. The molecule has 3 rings (SSSR count). The Morgan fingerprint density at radius 2 is 2.05 bits per heavy atom. The number of hydrogen-bond donors (Lipinski definition) is 2. The van der Waals surface area contributed by atoms with Gasteiger partial charge in [0.05, 0.1) is 16.8 Å². The topological polar surface area (TPSA) is 90.0 Å². The first-order chi connectivity index (χ1) is 9.47. The highest BCUT2D eigenvalue weighted by atomic mass is 32.2. The van der Waals surface area contributed by atoms with E-state index in [0.29, 0.717) is 5.69 Å². The van der Waals surface area contributed by atoms with Gasteiger partial charge in [0.25, 0.3) is 10.0 Å². The van der Waals surface area contributed by atoms with Crippen molar-refractivity contribution in [3.63, 3.8) is 0 Å². The van der Waals surface area contributed by atoms with Gasteiger partial charge in [-0.25, -0.2) is 8.42 Å². The molecule has 106 valence electrons. The van der Waals surface area contributed by atoms with Crippen molar-refractivity contribution in [1.29, 1.82) is 0 Å². The van der Waals surface area contributed by atoms with E-state index >= 15 is 0 Å². The molecule has 0 spiro atoms. The van der Waals surface area contributed by atoms with Crippen LogP contribution in [0.25, 0.3) is 0 Å². The molecule has 1 aliphatic carbocycles. The third kappa shape index (κ3) is 2.14. The first-order valence-electron chi connectivity index (χ1n) is 6.39. The molecule has 7 heteroatoms. The number of anilines is 2. The van der Waals surface area contributed by atoms with Gasteiger partial charge in [0.1, 0.15) is 0 Å². The Morgan fingerprint density at radius 3 is 2.75 bits per heavy atom. The molecule has 6 nitrogen and oxygen atoms in total. The zero-order chi connectivity index (χ0) is 14.3. The van der Waals surface area contributed by atoms with Crippen LogP contribution in [0.4, 0.5) is 11.5 Å². The summed E-state index contributed by atoms with van der Waals surface area (Å²) >= 11 is 0. The summed E-state index contributed by atoms with van der Waals surface area (Å²) in [5.74, 6) is 0.283. The summed E-state index contributed by atoms with van der Waals surface area (Å²) in [6.07, 6.45) is 4.46. The minimum Gasteiger partial charge on any atom is -0.394 e. The lowest BCUT2D eigenvalue weighted by Gasteiger charge is -2.10. The van der Waals surface area contributed by atoms with Crippen LogP contribution in [-0.2, 0) is 29.9 Å². The van der Waals surface area contributed by atoms with Gasteiger partial charge >= 0.3 is 0 Å². The molecule has 0 fully saturated rings. The monoisotopic (exact) mass is 292 g/mol. The van der Waals surface area contributed by atoms with Crippen molar-refractivity contribution < 1.29 is 8.42 Å². The molecule has 0 unspecified atom stereocenters. The number of nitrogens with two attached hydrogens (primary N) is 1. The smallest absolute Gasteiger partial charge is 0.263 e. The number of benzene rings is 1. The normalized spacial score (nSPS) is 14.2. The molecule has 0 aliphatic heterocycles. The summed E-state index contributed by atoms with van der Waals surface area (Å²) in [7, 11) is -2.00. The predicted molar refractivity (Wildman–Crippen MR) is 76.9 cm³/mol. The third-order valence-electron chi connectivity index (χ3n) is 3.58. The third-order valence-corrected chi connectivity index (χ3v) is 4.91. The van der Waals surface area contributed by atoms with E-state index in [1.165, 1.54) is 16.4 Å². The molecule has 0 bridgehead atoms. The molecule has 1 aliphatic rings. The molecule has 0 atom stereocenters. The standard InChI is InChI=1S/C13H16N4O2S/c1-17-13(12(14)8-15-17)16-20(18,19)11-6-5-9-3-2-4-10(9)7-11/h5-8,16H,2-4,14H2,1H3. The largest absolute Gasteiger partial charge is 0.394 e. The zero-order valence-electron chi connectivity index (χ0n) is 11.1.